The molecule has 1 aromatic heterocycles. The number of benzene rings is 1. The van der Waals surface area contributed by atoms with Crippen molar-refractivity contribution in [2.24, 2.45) is 7.05 Å². The van der Waals surface area contributed by atoms with Gasteiger partial charge in [0.15, 0.2) is 0 Å². The maximum Gasteiger partial charge on any atom is 0.264 e. The van der Waals surface area contributed by atoms with Gasteiger partial charge in [0.1, 0.15) is 0 Å². The zero-order valence-electron chi connectivity index (χ0n) is 9.20. The molecule has 2 rings (SSSR count). The fraction of sp³-hybridized carbons (Fsp3) is 0.154. The van der Waals surface area contributed by atoms with Crippen molar-refractivity contribution in [1.29, 1.82) is 0 Å². The van der Waals surface area contributed by atoms with E-state index in [9.17, 15) is 4.79 Å². The summed E-state index contributed by atoms with van der Waals surface area (Å²) in [5.41, 5.74) is 3.31. The first kappa shape index (κ1) is 11.4. The highest BCUT2D eigenvalue weighted by Gasteiger charge is 2.07. The molecule has 0 unspecified atom stereocenters. The molecule has 0 amide bonds. The summed E-state index contributed by atoms with van der Waals surface area (Å²) in [5.74, 6) is 0. The van der Waals surface area contributed by atoms with E-state index in [-0.39, 0.29) is 5.56 Å². The summed E-state index contributed by atoms with van der Waals surface area (Å²) in [7, 11) is 1.81. The van der Waals surface area contributed by atoms with Crippen molar-refractivity contribution in [3.05, 3.63) is 55.9 Å². The van der Waals surface area contributed by atoms with E-state index >= 15 is 0 Å². The van der Waals surface area contributed by atoms with Crippen molar-refractivity contribution < 1.29 is 0 Å². The molecule has 0 spiro atoms. The molecule has 0 fully saturated rings. The van der Waals surface area contributed by atoms with Crippen LogP contribution < -0.4 is 5.56 Å². The quantitative estimate of drug-likeness (QED) is 0.739. The van der Waals surface area contributed by atoms with Crippen LogP contribution in [0.1, 0.15) is 5.56 Å². The smallest absolute Gasteiger partial charge is 0.264 e. The van der Waals surface area contributed by atoms with Gasteiger partial charge in [-0.05, 0) is 47.2 Å². The van der Waals surface area contributed by atoms with Gasteiger partial charge in [0, 0.05) is 12.6 Å². The highest BCUT2D eigenvalue weighted by Crippen LogP contribution is 2.21. The van der Waals surface area contributed by atoms with Crippen LogP contribution in [0.25, 0.3) is 11.3 Å². The lowest BCUT2D eigenvalue weighted by molar-refractivity contribution is 0.862. The first-order valence-corrected chi connectivity index (χ1v) is 6.10. The second-order valence-corrected chi connectivity index (χ2v) is 4.91. The molecule has 2 aromatic rings. The molecule has 0 aliphatic carbocycles. The van der Waals surface area contributed by atoms with Gasteiger partial charge in [-0.15, -0.1) is 0 Å². The van der Waals surface area contributed by atoms with E-state index in [1.165, 1.54) is 5.56 Å². The summed E-state index contributed by atoms with van der Waals surface area (Å²) < 4.78 is 2.45. The first-order valence-electron chi connectivity index (χ1n) is 5.03. The van der Waals surface area contributed by atoms with E-state index in [4.69, 9.17) is 0 Å². The molecule has 0 saturated carbocycles. The number of hydrogen-bond donors (Lipinski definition) is 0. The van der Waals surface area contributed by atoms with E-state index in [1.54, 1.807) is 4.57 Å². The topological polar surface area (TPSA) is 22.0 Å². The number of rotatable bonds is 1. The standard InChI is InChI=1S/C13H12INO/c1-9-5-3-4-6-10(9)12-8-7-11(14)13(16)15(12)2/h3-8H,1-2H3. The maximum atomic E-state index is 11.8. The Kier molecular flexibility index (Phi) is 3.14. The second-order valence-electron chi connectivity index (χ2n) is 3.75. The lowest BCUT2D eigenvalue weighted by atomic mass is 10.1. The van der Waals surface area contributed by atoms with E-state index in [2.05, 4.69) is 35.6 Å². The monoisotopic (exact) mass is 325 g/mol. The maximum absolute atomic E-state index is 11.8. The first-order chi connectivity index (χ1) is 7.61. The fourth-order valence-corrected chi connectivity index (χ4v) is 2.28. The number of pyridine rings is 1. The molecule has 2 nitrogen and oxygen atoms in total. The van der Waals surface area contributed by atoms with Crippen LogP contribution >= 0.6 is 22.6 Å². The SMILES string of the molecule is Cc1ccccc1-c1ccc(I)c(=O)n1C. The van der Waals surface area contributed by atoms with Crippen LogP contribution in [0, 0.1) is 10.5 Å². The minimum atomic E-state index is 0.0568. The molecule has 3 heteroatoms. The summed E-state index contributed by atoms with van der Waals surface area (Å²) in [5, 5.41) is 0. The average molecular weight is 325 g/mol. The molecule has 0 bridgehead atoms. The minimum Gasteiger partial charge on any atom is -0.310 e. The second kappa shape index (κ2) is 4.41. The lowest BCUT2D eigenvalue weighted by Crippen LogP contribution is -2.20. The highest BCUT2D eigenvalue weighted by atomic mass is 127. The Morgan fingerprint density at radius 1 is 1.12 bits per heavy atom. The Morgan fingerprint density at radius 3 is 2.50 bits per heavy atom. The van der Waals surface area contributed by atoms with E-state index in [1.807, 2.05) is 37.4 Å². The van der Waals surface area contributed by atoms with Crippen LogP contribution in [-0.2, 0) is 7.05 Å². The van der Waals surface area contributed by atoms with Crippen molar-refractivity contribution in [3.8, 4) is 11.3 Å². The molecular weight excluding hydrogens is 313 g/mol. The van der Waals surface area contributed by atoms with Crippen LogP contribution in [-0.4, -0.2) is 4.57 Å². The van der Waals surface area contributed by atoms with Crippen molar-refractivity contribution in [3.63, 3.8) is 0 Å². The molecule has 0 aliphatic heterocycles. The number of halogens is 1. The van der Waals surface area contributed by atoms with Gasteiger partial charge in [0.2, 0.25) is 0 Å². The summed E-state index contributed by atoms with van der Waals surface area (Å²) in [6.45, 7) is 2.05. The van der Waals surface area contributed by atoms with Gasteiger partial charge in [-0.25, -0.2) is 0 Å². The van der Waals surface area contributed by atoms with Crippen molar-refractivity contribution >= 4 is 22.6 Å². The number of nitrogens with zero attached hydrogens (tertiary/aromatic N) is 1. The Morgan fingerprint density at radius 2 is 1.81 bits per heavy atom. The zero-order valence-corrected chi connectivity index (χ0v) is 11.4. The number of aromatic nitrogens is 1. The van der Waals surface area contributed by atoms with Gasteiger partial charge in [0.05, 0.1) is 9.26 Å². The predicted octanol–water partition coefficient (Wildman–Crippen LogP) is 2.97. The van der Waals surface area contributed by atoms with Crippen LogP contribution in [0.15, 0.2) is 41.2 Å². The van der Waals surface area contributed by atoms with Crippen LogP contribution in [0.3, 0.4) is 0 Å². The van der Waals surface area contributed by atoms with Crippen LogP contribution in [0.2, 0.25) is 0 Å². The predicted molar refractivity (Wildman–Crippen MR) is 74.6 cm³/mol. The molecule has 0 saturated heterocycles. The number of aryl methyl sites for hydroxylation is 1. The molecule has 0 radical (unpaired) electrons. The fourth-order valence-electron chi connectivity index (χ4n) is 1.74. The van der Waals surface area contributed by atoms with E-state index in [0.29, 0.717) is 0 Å². The molecule has 82 valence electrons. The third kappa shape index (κ3) is 1.91. The third-order valence-electron chi connectivity index (χ3n) is 2.68. The number of hydrogen-bond acceptors (Lipinski definition) is 1. The molecule has 0 atom stereocenters. The minimum absolute atomic E-state index is 0.0568. The van der Waals surface area contributed by atoms with Crippen molar-refractivity contribution in [1.82, 2.24) is 4.57 Å². The van der Waals surface area contributed by atoms with Gasteiger partial charge in [-0.3, -0.25) is 4.79 Å². The van der Waals surface area contributed by atoms with Crippen LogP contribution in [0.4, 0.5) is 0 Å². The molecular formula is C13H12INO. The van der Waals surface area contributed by atoms with Gasteiger partial charge in [0.25, 0.3) is 5.56 Å². The summed E-state index contributed by atoms with van der Waals surface area (Å²) in [4.78, 5) is 11.8. The average Bonchev–Trinajstić information content (AvgIpc) is 2.28. The van der Waals surface area contributed by atoms with Crippen molar-refractivity contribution in [2.75, 3.05) is 0 Å². The summed E-state index contributed by atoms with van der Waals surface area (Å²) >= 11 is 2.06. The van der Waals surface area contributed by atoms with E-state index in [0.717, 1.165) is 14.8 Å². The molecule has 0 aliphatic rings. The molecule has 16 heavy (non-hydrogen) atoms. The van der Waals surface area contributed by atoms with Crippen molar-refractivity contribution in [2.45, 2.75) is 6.92 Å². The Balaban J connectivity index is 2.71. The largest absolute Gasteiger partial charge is 0.310 e. The van der Waals surface area contributed by atoms with E-state index < -0.39 is 0 Å². The Labute approximate surface area is 108 Å². The van der Waals surface area contributed by atoms with Crippen LogP contribution in [0.5, 0.6) is 0 Å². The highest BCUT2D eigenvalue weighted by molar-refractivity contribution is 14.1. The van der Waals surface area contributed by atoms with Gasteiger partial charge < -0.3 is 4.57 Å². The third-order valence-corrected chi connectivity index (χ3v) is 3.50. The lowest BCUT2D eigenvalue weighted by Gasteiger charge is -2.10. The van der Waals surface area contributed by atoms with Gasteiger partial charge in [-0.2, -0.15) is 0 Å². The molecule has 1 heterocycles. The molecule has 0 N–H and O–H groups in total. The van der Waals surface area contributed by atoms with Gasteiger partial charge in [-0.1, -0.05) is 24.3 Å². The Bertz CT molecular complexity index is 587. The normalized spacial score (nSPS) is 10.4. The summed E-state index contributed by atoms with van der Waals surface area (Å²) in [6.07, 6.45) is 0. The van der Waals surface area contributed by atoms with Gasteiger partial charge >= 0.3 is 0 Å². The molecule has 1 aromatic carbocycles. The summed E-state index contributed by atoms with van der Waals surface area (Å²) in [6, 6.07) is 11.9. The Hall–Kier alpha value is -1.10. The zero-order chi connectivity index (χ0) is 11.7.